The Morgan fingerprint density at radius 1 is 1.33 bits per heavy atom. The molecule has 0 aromatic carbocycles. The fourth-order valence-corrected chi connectivity index (χ4v) is 3.09. The number of hydrogen-bond donors (Lipinski definition) is 1. The molecule has 2 unspecified atom stereocenters. The second-order valence-electron chi connectivity index (χ2n) is 5.80. The van der Waals surface area contributed by atoms with Crippen LogP contribution < -0.4 is 5.32 Å². The largest absolute Gasteiger partial charge is 0.468 e. The van der Waals surface area contributed by atoms with Crippen molar-refractivity contribution in [2.24, 2.45) is 0 Å². The van der Waals surface area contributed by atoms with Crippen molar-refractivity contribution in [3.8, 4) is 0 Å². The second kappa shape index (κ2) is 6.43. The van der Waals surface area contributed by atoms with E-state index in [1.54, 1.807) is 6.26 Å². The van der Waals surface area contributed by atoms with E-state index < -0.39 is 0 Å². The van der Waals surface area contributed by atoms with E-state index in [0.717, 1.165) is 36.8 Å². The summed E-state index contributed by atoms with van der Waals surface area (Å²) in [7, 11) is 0. The highest BCUT2D eigenvalue weighted by atomic mass is 16.3. The van der Waals surface area contributed by atoms with Gasteiger partial charge in [-0.2, -0.15) is 0 Å². The van der Waals surface area contributed by atoms with Crippen molar-refractivity contribution in [2.75, 3.05) is 0 Å². The summed E-state index contributed by atoms with van der Waals surface area (Å²) >= 11 is 0. The standard InChI is InChI=1S/C16H24N4O/c1-3-13(14-8-7-11-21-14)17-12(2)16-19-18-15-9-5-4-6-10-20(15)16/h7-8,11-13,17H,3-6,9-10H2,1-2H3. The fourth-order valence-electron chi connectivity index (χ4n) is 3.09. The summed E-state index contributed by atoms with van der Waals surface area (Å²) in [5.74, 6) is 3.18. The lowest BCUT2D eigenvalue weighted by atomic mass is 10.1. The quantitative estimate of drug-likeness (QED) is 0.916. The van der Waals surface area contributed by atoms with E-state index in [9.17, 15) is 0 Å². The number of aromatic nitrogens is 3. The summed E-state index contributed by atoms with van der Waals surface area (Å²) in [5, 5.41) is 12.4. The Morgan fingerprint density at radius 2 is 2.24 bits per heavy atom. The maximum Gasteiger partial charge on any atom is 0.149 e. The molecule has 2 atom stereocenters. The molecule has 3 heterocycles. The molecule has 0 saturated heterocycles. The van der Waals surface area contributed by atoms with Crippen LogP contribution in [0.25, 0.3) is 0 Å². The zero-order chi connectivity index (χ0) is 14.7. The van der Waals surface area contributed by atoms with Crippen LogP contribution in [0.3, 0.4) is 0 Å². The highest BCUT2D eigenvalue weighted by Gasteiger charge is 2.22. The van der Waals surface area contributed by atoms with Gasteiger partial charge in [-0.3, -0.25) is 5.32 Å². The predicted molar refractivity (Wildman–Crippen MR) is 80.9 cm³/mol. The van der Waals surface area contributed by atoms with E-state index in [0.29, 0.717) is 0 Å². The average Bonchev–Trinajstić information content (AvgIpc) is 3.10. The molecule has 2 aromatic rings. The first kappa shape index (κ1) is 14.3. The maximum atomic E-state index is 5.53. The number of aryl methyl sites for hydroxylation is 1. The zero-order valence-electron chi connectivity index (χ0n) is 12.9. The number of rotatable bonds is 5. The third-order valence-electron chi connectivity index (χ3n) is 4.27. The molecule has 2 aromatic heterocycles. The van der Waals surface area contributed by atoms with E-state index in [1.807, 2.05) is 12.1 Å². The molecule has 114 valence electrons. The zero-order valence-corrected chi connectivity index (χ0v) is 12.9. The molecule has 1 aliphatic rings. The first-order valence-electron chi connectivity index (χ1n) is 8.01. The van der Waals surface area contributed by atoms with Gasteiger partial charge < -0.3 is 8.98 Å². The number of hydrogen-bond acceptors (Lipinski definition) is 4. The molecule has 5 heteroatoms. The van der Waals surface area contributed by atoms with Crippen LogP contribution in [0.15, 0.2) is 22.8 Å². The minimum atomic E-state index is 0.166. The van der Waals surface area contributed by atoms with Crippen molar-refractivity contribution in [3.05, 3.63) is 35.8 Å². The molecule has 3 rings (SSSR count). The molecule has 0 fully saturated rings. The fraction of sp³-hybridized carbons (Fsp3) is 0.625. The Balaban J connectivity index is 1.76. The van der Waals surface area contributed by atoms with E-state index in [1.165, 1.54) is 19.3 Å². The molecule has 0 spiro atoms. The summed E-state index contributed by atoms with van der Waals surface area (Å²) in [6.45, 7) is 5.37. The summed E-state index contributed by atoms with van der Waals surface area (Å²) in [5.41, 5.74) is 0. The summed E-state index contributed by atoms with van der Waals surface area (Å²) in [6.07, 6.45) is 7.50. The highest BCUT2D eigenvalue weighted by Crippen LogP contribution is 2.23. The molecule has 0 aliphatic carbocycles. The average molecular weight is 288 g/mol. The van der Waals surface area contributed by atoms with E-state index in [-0.39, 0.29) is 12.1 Å². The summed E-state index contributed by atoms with van der Waals surface area (Å²) in [6, 6.07) is 4.35. The second-order valence-corrected chi connectivity index (χ2v) is 5.80. The van der Waals surface area contributed by atoms with Crippen LogP contribution in [0.5, 0.6) is 0 Å². The van der Waals surface area contributed by atoms with Gasteiger partial charge in [-0.15, -0.1) is 10.2 Å². The van der Waals surface area contributed by atoms with Crippen molar-refractivity contribution in [1.29, 1.82) is 0 Å². The van der Waals surface area contributed by atoms with Crippen molar-refractivity contribution in [2.45, 2.75) is 64.6 Å². The van der Waals surface area contributed by atoms with E-state index >= 15 is 0 Å². The van der Waals surface area contributed by atoms with Crippen LogP contribution in [0.2, 0.25) is 0 Å². The van der Waals surface area contributed by atoms with Gasteiger partial charge in [-0.25, -0.2) is 0 Å². The molecule has 5 nitrogen and oxygen atoms in total. The molecule has 0 amide bonds. The van der Waals surface area contributed by atoms with Gasteiger partial charge in [-0.1, -0.05) is 13.3 Å². The van der Waals surface area contributed by atoms with Crippen LogP contribution in [0.4, 0.5) is 0 Å². The van der Waals surface area contributed by atoms with E-state index in [2.05, 4.69) is 33.9 Å². The minimum Gasteiger partial charge on any atom is -0.468 e. The Kier molecular flexibility index (Phi) is 4.39. The molecule has 21 heavy (non-hydrogen) atoms. The van der Waals surface area contributed by atoms with Gasteiger partial charge in [-0.05, 0) is 38.3 Å². The Bertz CT molecular complexity index is 561. The SMILES string of the molecule is CCC(NC(C)c1nnc2n1CCCCC2)c1ccco1. The lowest BCUT2D eigenvalue weighted by Crippen LogP contribution is -2.26. The molecule has 0 saturated carbocycles. The number of furan rings is 1. The first-order chi connectivity index (χ1) is 10.3. The summed E-state index contributed by atoms with van der Waals surface area (Å²) < 4.78 is 7.84. The third-order valence-corrected chi connectivity index (χ3v) is 4.27. The van der Waals surface area contributed by atoms with Crippen molar-refractivity contribution in [1.82, 2.24) is 20.1 Å². The highest BCUT2D eigenvalue weighted by molar-refractivity contribution is 5.07. The predicted octanol–water partition coefficient (Wildman–Crippen LogP) is 3.40. The molecule has 0 bridgehead atoms. The Hall–Kier alpha value is -1.62. The minimum absolute atomic E-state index is 0.166. The number of nitrogens with one attached hydrogen (secondary N) is 1. The van der Waals surface area contributed by atoms with Crippen LogP contribution in [0.1, 0.15) is 69.0 Å². The Morgan fingerprint density at radius 3 is 3.00 bits per heavy atom. The van der Waals surface area contributed by atoms with Crippen LogP contribution in [0, 0.1) is 0 Å². The van der Waals surface area contributed by atoms with Crippen molar-refractivity contribution >= 4 is 0 Å². The molecule has 1 N–H and O–H groups in total. The first-order valence-corrected chi connectivity index (χ1v) is 8.01. The molecular formula is C16H24N4O. The van der Waals surface area contributed by atoms with Crippen LogP contribution in [-0.2, 0) is 13.0 Å². The molecule has 1 aliphatic heterocycles. The number of fused-ring (bicyclic) bond motifs is 1. The van der Waals surface area contributed by atoms with Crippen molar-refractivity contribution in [3.63, 3.8) is 0 Å². The van der Waals surface area contributed by atoms with Gasteiger partial charge in [0.05, 0.1) is 18.3 Å². The van der Waals surface area contributed by atoms with Gasteiger partial charge in [0.2, 0.25) is 0 Å². The third kappa shape index (κ3) is 3.02. The van der Waals surface area contributed by atoms with Gasteiger partial charge in [0, 0.05) is 13.0 Å². The van der Waals surface area contributed by atoms with Gasteiger partial charge in [0.1, 0.15) is 17.4 Å². The van der Waals surface area contributed by atoms with Gasteiger partial charge in [0.15, 0.2) is 0 Å². The normalized spacial score (nSPS) is 18.0. The van der Waals surface area contributed by atoms with Crippen LogP contribution >= 0.6 is 0 Å². The van der Waals surface area contributed by atoms with Gasteiger partial charge in [0.25, 0.3) is 0 Å². The Labute approximate surface area is 125 Å². The van der Waals surface area contributed by atoms with Crippen molar-refractivity contribution < 1.29 is 4.42 Å². The maximum absolute atomic E-state index is 5.53. The monoisotopic (exact) mass is 288 g/mol. The lowest BCUT2D eigenvalue weighted by Gasteiger charge is -2.21. The van der Waals surface area contributed by atoms with Crippen LogP contribution in [-0.4, -0.2) is 14.8 Å². The van der Waals surface area contributed by atoms with Gasteiger partial charge >= 0.3 is 0 Å². The smallest absolute Gasteiger partial charge is 0.149 e. The lowest BCUT2D eigenvalue weighted by molar-refractivity contribution is 0.364. The molecule has 0 radical (unpaired) electrons. The van der Waals surface area contributed by atoms with E-state index in [4.69, 9.17) is 4.42 Å². The number of nitrogens with zero attached hydrogens (tertiary/aromatic N) is 3. The topological polar surface area (TPSA) is 55.9 Å². The molecular weight excluding hydrogens is 264 g/mol. The summed E-state index contributed by atoms with van der Waals surface area (Å²) in [4.78, 5) is 0.